The molecule has 0 saturated heterocycles. The lowest BCUT2D eigenvalue weighted by Crippen LogP contribution is -2.34. The molecule has 0 bridgehead atoms. The summed E-state index contributed by atoms with van der Waals surface area (Å²) in [5, 5.41) is 3.92. The number of halogens is 1. The van der Waals surface area contributed by atoms with E-state index in [9.17, 15) is 9.59 Å². The second-order valence-corrected chi connectivity index (χ2v) is 10.1. The van der Waals surface area contributed by atoms with Gasteiger partial charge in [0.25, 0.3) is 5.91 Å². The van der Waals surface area contributed by atoms with E-state index in [2.05, 4.69) is 10.3 Å². The van der Waals surface area contributed by atoms with Crippen LogP contribution in [0.15, 0.2) is 53.2 Å². The zero-order valence-corrected chi connectivity index (χ0v) is 22.0. The van der Waals surface area contributed by atoms with E-state index < -0.39 is 0 Å². The molecule has 7 nitrogen and oxygen atoms in total. The van der Waals surface area contributed by atoms with Gasteiger partial charge in [0.15, 0.2) is 5.17 Å². The Balaban J connectivity index is 1.53. The number of nitrogens with one attached hydrogen (secondary N) is 1. The third-order valence-electron chi connectivity index (χ3n) is 6.29. The number of nitrogens with zero attached hydrogens (tertiary/aromatic N) is 2. The van der Waals surface area contributed by atoms with Crippen LogP contribution in [-0.4, -0.2) is 43.5 Å². The lowest BCUT2D eigenvalue weighted by atomic mass is 9.89. The third-order valence-corrected chi connectivity index (χ3v) is 7.54. The summed E-state index contributed by atoms with van der Waals surface area (Å²) < 4.78 is 10.5. The van der Waals surface area contributed by atoms with E-state index >= 15 is 0 Å². The van der Waals surface area contributed by atoms with E-state index in [0.29, 0.717) is 34.1 Å². The molecule has 36 heavy (non-hydrogen) atoms. The van der Waals surface area contributed by atoms with Gasteiger partial charge in [-0.15, -0.1) is 0 Å². The Hall–Kier alpha value is -2.97. The van der Waals surface area contributed by atoms with Crippen LogP contribution in [0.25, 0.3) is 6.08 Å². The van der Waals surface area contributed by atoms with Crippen molar-refractivity contribution in [3.63, 3.8) is 0 Å². The van der Waals surface area contributed by atoms with Crippen molar-refractivity contribution >= 4 is 52.1 Å². The molecule has 2 aliphatic rings. The summed E-state index contributed by atoms with van der Waals surface area (Å²) in [6.45, 7) is 0.700. The van der Waals surface area contributed by atoms with E-state index in [-0.39, 0.29) is 23.3 Å². The van der Waals surface area contributed by atoms with Gasteiger partial charge in [-0.1, -0.05) is 54.8 Å². The van der Waals surface area contributed by atoms with Crippen LogP contribution in [0.1, 0.15) is 37.7 Å². The summed E-state index contributed by atoms with van der Waals surface area (Å²) in [7, 11) is 3.12. The Morgan fingerprint density at radius 3 is 2.58 bits per heavy atom. The Labute approximate surface area is 220 Å². The van der Waals surface area contributed by atoms with Crippen molar-refractivity contribution in [2.75, 3.05) is 31.4 Å². The molecule has 0 spiro atoms. The van der Waals surface area contributed by atoms with E-state index in [1.807, 2.05) is 24.3 Å². The average Bonchev–Trinajstić information content (AvgIpc) is 3.22. The van der Waals surface area contributed by atoms with Crippen LogP contribution in [-0.2, 0) is 9.59 Å². The average molecular weight is 528 g/mol. The summed E-state index contributed by atoms with van der Waals surface area (Å²) >= 11 is 7.43. The molecule has 0 unspecified atom stereocenters. The molecule has 2 aromatic carbocycles. The van der Waals surface area contributed by atoms with Gasteiger partial charge in [0.05, 0.1) is 30.7 Å². The number of carbonyl (C=O) groups excluding carboxylic acids is 2. The van der Waals surface area contributed by atoms with Gasteiger partial charge in [-0.25, -0.2) is 4.99 Å². The first-order valence-electron chi connectivity index (χ1n) is 12.0. The van der Waals surface area contributed by atoms with Crippen LogP contribution < -0.4 is 19.7 Å². The first kappa shape index (κ1) is 26.1. The largest absolute Gasteiger partial charge is 0.497 e. The molecule has 1 heterocycles. The predicted molar refractivity (Wildman–Crippen MR) is 146 cm³/mol. The third kappa shape index (κ3) is 6.42. The fourth-order valence-corrected chi connectivity index (χ4v) is 5.33. The monoisotopic (exact) mass is 527 g/mol. The van der Waals surface area contributed by atoms with E-state index in [4.69, 9.17) is 21.1 Å². The SMILES string of the molecule is COc1ccc(/C=C2/N=C(SCC(=O)NCC3CCCCC3)N(c3ccc(Cl)c(OC)c3)C2=O)cc1. The number of thioether (sulfide) groups is 1. The summed E-state index contributed by atoms with van der Waals surface area (Å²) in [5.41, 5.74) is 1.65. The first-order chi connectivity index (χ1) is 17.5. The van der Waals surface area contributed by atoms with Crippen LogP contribution in [0, 0.1) is 5.92 Å². The summed E-state index contributed by atoms with van der Waals surface area (Å²) in [4.78, 5) is 32.1. The zero-order valence-electron chi connectivity index (χ0n) is 20.5. The van der Waals surface area contributed by atoms with Gasteiger partial charge in [-0.05, 0) is 54.7 Å². The molecule has 1 fully saturated rings. The number of methoxy groups -OCH3 is 2. The lowest BCUT2D eigenvalue weighted by Gasteiger charge is -2.22. The molecule has 4 rings (SSSR count). The van der Waals surface area contributed by atoms with Crippen LogP contribution in [0.4, 0.5) is 5.69 Å². The maximum Gasteiger partial charge on any atom is 0.283 e. The van der Waals surface area contributed by atoms with Gasteiger partial charge in [0, 0.05) is 12.6 Å². The number of amidine groups is 1. The number of anilines is 1. The highest BCUT2D eigenvalue weighted by Crippen LogP contribution is 2.34. The molecule has 1 saturated carbocycles. The van der Waals surface area contributed by atoms with Crippen molar-refractivity contribution in [1.82, 2.24) is 5.32 Å². The van der Waals surface area contributed by atoms with Crippen molar-refractivity contribution < 1.29 is 19.1 Å². The molecule has 190 valence electrons. The summed E-state index contributed by atoms with van der Waals surface area (Å²) in [6.07, 6.45) is 7.80. The predicted octanol–water partition coefficient (Wildman–Crippen LogP) is 5.53. The lowest BCUT2D eigenvalue weighted by molar-refractivity contribution is -0.118. The van der Waals surface area contributed by atoms with Crippen molar-refractivity contribution in [2.24, 2.45) is 10.9 Å². The highest BCUT2D eigenvalue weighted by Gasteiger charge is 2.33. The van der Waals surface area contributed by atoms with Gasteiger partial charge in [-0.2, -0.15) is 0 Å². The first-order valence-corrected chi connectivity index (χ1v) is 13.4. The number of amides is 2. The molecule has 1 aliphatic carbocycles. The second kappa shape index (κ2) is 12.3. The van der Waals surface area contributed by atoms with Gasteiger partial charge >= 0.3 is 0 Å². The zero-order chi connectivity index (χ0) is 25.5. The van der Waals surface area contributed by atoms with Gasteiger partial charge in [0.1, 0.15) is 17.2 Å². The molecule has 2 aromatic rings. The maximum atomic E-state index is 13.4. The number of aliphatic imine (C=N–C) groups is 1. The molecule has 0 aromatic heterocycles. The Morgan fingerprint density at radius 1 is 1.14 bits per heavy atom. The minimum Gasteiger partial charge on any atom is -0.497 e. The molecule has 2 amide bonds. The van der Waals surface area contributed by atoms with Crippen molar-refractivity contribution in [1.29, 1.82) is 0 Å². The highest BCUT2D eigenvalue weighted by molar-refractivity contribution is 8.14. The van der Waals surface area contributed by atoms with Gasteiger partial charge in [-0.3, -0.25) is 14.5 Å². The summed E-state index contributed by atoms with van der Waals surface area (Å²) in [6, 6.07) is 12.5. The number of rotatable bonds is 8. The molecule has 1 N–H and O–H groups in total. The van der Waals surface area contributed by atoms with Crippen LogP contribution in [0.3, 0.4) is 0 Å². The number of benzene rings is 2. The number of ether oxygens (including phenoxy) is 2. The second-order valence-electron chi connectivity index (χ2n) is 8.75. The van der Waals surface area contributed by atoms with Gasteiger partial charge < -0.3 is 14.8 Å². The van der Waals surface area contributed by atoms with Gasteiger partial charge in [0.2, 0.25) is 5.91 Å². The maximum absolute atomic E-state index is 13.4. The van der Waals surface area contributed by atoms with Crippen LogP contribution in [0.2, 0.25) is 5.02 Å². The molecule has 1 aliphatic heterocycles. The Morgan fingerprint density at radius 2 is 1.89 bits per heavy atom. The normalized spacial score (nSPS) is 17.3. The fraction of sp³-hybridized carbons (Fsp3) is 0.370. The standard InChI is InChI=1S/C27H30ClN3O4S/c1-34-21-11-8-18(9-12-21)14-23-26(33)31(20-10-13-22(28)24(15-20)35-2)27(30-23)36-17-25(32)29-16-19-6-4-3-5-7-19/h8-15,19H,3-7,16-17H2,1-2H3,(H,29,32)/b23-14+. The van der Waals surface area contributed by atoms with Crippen LogP contribution in [0.5, 0.6) is 11.5 Å². The van der Waals surface area contributed by atoms with E-state index in [0.717, 1.165) is 11.3 Å². The summed E-state index contributed by atoms with van der Waals surface area (Å²) in [5.74, 6) is 1.53. The van der Waals surface area contributed by atoms with Crippen molar-refractivity contribution in [2.45, 2.75) is 32.1 Å². The quantitative estimate of drug-likeness (QED) is 0.456. The Bertz CT molecular complexity index is 1160. The molecular weight excluding hydrogens is 498 g/mol. The molecular formula is C27H30ClN3O4S. The molecule has 9 heteroatoms. The van der Waals surface area contributed by atoms with Crippen LogP contribution >= 0.6 is 23.4 Å². The number of carbonyl (C=O) groups is 2. The van der Waals surface area contributed by atoms with Crippen molar-refractivity contribution in [3.05, 3.63) is 58.7 Å². The number of hydrogen-bond donors (Lipinski definition) is 1. The van der Waals surface area contributed by atoms with E-state index in [1.165, 1.54) is 55.9 Å². The topological polar surface area (TPSA) is 80.2 Å². The Kier molecular flexibility index (Phi) is 8.93. The molecule has 0 radical (unpaired) electrons. The minimum atomic E-state index is -0.291. The molecule has 0 atom stereocenters. The van der Waals surface area contributed by atoms with Crippen molar-refractivity contribution in [3.8, 4) is 11.5 Å². The fourth-order valence-electron chi connectivity index (χ4n) is 4.30. The minimum absolute atomic E-state index is 0.0676. The number of hydrogen-bond acceptors (Lipinski definition) is 6. The smallest absolute Gasteiger partial charge is 0.283 e. The highest BCUT2D eigenvalue weighted by atomic mass is 35.5. The van der Waals surface area contributed by atoms with E-state index in [1.54, 1.807) is 31.4 Å².